The lowest BCUT2D eigenvalue weighted by atomic mass is 10.4. The fourth-order valence-corrected chi connectivity index (χ4v) is 7.91. The van der Waals surface area contributed by atoms with Gasteiger partial charge in [0.05, 0.1) is 24.6 Å². The van der Waals surface area contributed by atoms with Crippen molar-refractivity contribution in [1.82, 2.24) is 0 Å². The van der Waals surface area contributed by atoms with Gasteiger partial charge in [-0.3, -0.25) is 0 Å². The fraction of sp³-hybridized carbons (Fsp3) is 1.00. The lowest BCUT2D eigenvalue weighted by Crippen LogP contribution is -3.00. The molecule has 0 aliphatic carbocycles. The maximum Gasteiger partial charge on any atom is 0.0595 e. The first-order valence-corrected chi connectivity index (χ1v) is 10.7. The molecule has 0 aliphatic rings. The predicted octanol–water partition coefficient (Wildman–Crippen LogP) is 2.18. The number of hydrogen-bond donors (Lipinski definition) is 1. The molecular formula is C16H36ClOP. The second-order valence-corrected chi connectivity index (χ2v) is 10.2. The number of hydrogen-bond acceptors (Lipinski definition) is 1. The monoisotopic (exact) mass is 310 g/mol. The molecule has 1 N–H and O–H groups in total. The van der Waals surface area contributed by atoms with Crippen molar-refractivity contribution in [3.8, 4) is 0 Å². The van der Waals surface area contributed by atoms with Gasteiger partial charge in [-0.15, -0.1) is 0 Å². The van der Waals surface area contributed by atoms with Crippen molar-refractivity contribution in [1.29, 1.82) is 0 Å². The van der Waals surface area contributed by atoms with Crippen LogP contribution in [0.25, 0.3) is 0 Å². The Morgan fingerprint density at radius 1 is 0.632 bits per heavy atom. The molecule has 118 valence electrons. The molecule has 0 aromatic carbocycles. The summed E-state index contributed by atoms with van der Waals surface area (Å²) in [6.45, 7) is 7.35. The first kappa shape index (κ1) is 22.0. The zero-order chi connectivity index (χ0) is 13.7. The maximum absolute atomic E-state index is 9.00. The van der Waals surface area contributed by atoms with Crippen LogP contribution >= 0.6 is 7.26 Å². The Morgan fingerprint density at radius 2 is 1.00 bits per heavy atom. The summed E-state index contributed by atoms with van der Waals surface area (Å²) in [5.41, 5.74) is 0. The zero-order valence-corrected chi connectivity index (χ0v) is 15.1. The Balaban J connectivity index is 0. The Morgan fingerprint density at radius 3 is 1.32 bits per heavy atom. The summed E-state index contributed by atoms with van der Waals surface area (Å²) in [5.74, 6) is 0. The van der Waals surface area contributed by atoms with Gasteiger partial charge < -0.3 is 17.5 Å². The predicted molar refractivity (Wildman–Crippen MR) is 87.4 cm³/mol. The van der Waals surface area contributed by atoms with Crippen molar-refractivity contribution >= 4 is 7.26 Å². The van der Waals surface area contributed by atoms with Gasteiger partial charge in [0.1, 0.15) is 0 Å². The summed E-state index contributed by atoms with van der Waals surface area (Å²) in [6, 6.07) is 0. The molecule has 1 nitrogen and oxygen atoms in total. The molecule has 0 radical (unpaired) electrons. The molecule has 0 aliphatic heterocycles. The van der Waals surface area contributed by atoms with E-state index < -0.39 is 7.26 Å². The van der Waals surface area contributed by atoms with Crippen LogP contribution in [0.3, 0.4) is 0 Å². The lowest BCUT2D eigenvalue weighted by Gasteiger charge is -2.28. The highest BCUT2D eigenvalue weighted by molar-refractivity contribution is 7.75. The van der Waals surface area contributed by atoms with E-state index in [9.17, 15) is 0 Å². The summed E-state index contributed by atoms with van der Waals surface area (Å²) >= 11 is 0. The van der Waals surface area contributed by atoms with E-state index in [4.69, 9.17) is 5.11 Å². The summed E-state index contributed by atoms with van der Waals surface area (Å²) in [6.07, 6.45) is 16.6. The molecule has 0 aromatic heterocycles. The van der Waals surface area contributed by atoms with Gasteiger partial charge in [0.15, 0.2) is 0 Å². The highest BCUT2D eigenvalue weighted by Gasteiger charge is 2.34. The maximum atomic E-state index is 9.00. The molecule has 0 fully saturated rings. The van der Waals surface area contributed by atoms with Crippen LogP contribution in [0.2, 0.25) is 0 Å². The van der Waals surface area contributed by atoms with E-state index in [-0.39, 0.29) is 12.4 Å². The number of aliphatic hydroxyl groups excluding tert-OH is 1. The molecule has 0 rings (SSSR count). The largest absolute Gasteiger partial charge is 1.00 e. The Labute approximate surface area is 128 Å². The third-order valence-electron chi connectivity index (χ3n) is 4.00. The minimum absolute atomic E-state index is 0. The third kappa shape index (κ3) is 11.1. The van der Waals surface area contributed by atoms with Gasteiger partial charge in [-0.05, 0) is 32.1 Å². The van der Waals surface area contributed by atoms with Gasteiger partial charge in [0.25, 0.3) is 0 Å². The van der Waals surface area contributed by atoms with Crippen molar-refractivity contribution in [2.45, 2.75) is 72.1 Å². The molecule has 0 amide bonds. The summed E-state index contributed by atoms with van der Waals surface area (Å²) in [5, 5.41) is 9.00. The molecule has 0 aromatic rings. The Hall–Kier alpha value is 0.680. The van der Waals surface area contributed by atoms with Gasteiger partial charge >= 0.3 is 0 Å². The van der Waals surface area contributed by atoms with Crippen LogP contribution in [-0.2, 0) is 0 Å². The van der Waals surface area contributed by atoms with Crippen molar-refractivity contribution in [3.63, 3.8) is 0 Å². The normalized spacial score (nSPS) is 11.4. The van der Waals surface area contributed by atoms with E-state index in [0.29, 0.717) is 6.61 Å². The van der Waals surface area contributed by atoms with Gasteiger partial charge in [-0.1, -0.05) is 40.0 Å². The zero-order valence-electron chi connectivity index (χ0n) is 13.5. The molecule has 0 spiro atoms. The second kappa shape index (κ2) is 15.1. The van der Waals surface area contributed by atoms with E-state index in [2.05, 4.69) is 20.8 Å². The molecule has 19 heavy (non-hydrogen) atoms. The van der Waals surface area contributed by atoms with E-state index in [1.54, 1.807) is 0 Å². The highest BCUT2D eigenvalue weighted by Crippen LogP contribution is 2.61. The molecule has 3 heteroatoms. The third-order valence-corrected chi connectivity index (χ3v) is 9.06. The van der Waals surface area contributed by atoms with Gasteiger partial charge in [-0.2, -0.15) is 0 Å². The quantitative estimate of drug-likeness (QED) is 0.408. The van der Waals surface area contributed by atoms with Crippen LogP contribution in [0.15, 0.2) is 0 Å². The van der Waals surface area contributed by atoms with Crippen LogP contribution in [0.4, 0.5) is 0 Å². The first-order valence-electron chi connectivity index (χ1n) is 8.20. The number of rotatable bonds is 13. The van der Waals surface area contributed by atoms with E-state index >= 15 is 0 Å². The molecule has 0 saturated heterocycles. The van der Waals surface area contributed by atoms with Crippen LogP contribution in [-0.4, -0.2) is 36.4 Å². The molecule has 0 unspecified atom stereocenters. The highest BCUT2D eigenvalue weighted by atomic mass is 35.5. The fourth-order valence-electron chi connectivity index (χ4n) is 2.71. The van der Waals surface area contributed by atoms with E-state index in [1.807, 2.05) is 0 Å². The van der Waals surface area contributed by atoms with Crippen LogP contribution in [0.5, 0.6) is 0 Å². The van der Waals surface area contributed by atoms with Crippen molar-refractivity contribution in [2.24, 2.45) is 0 Å². The second-order valence-electron chi connectivity index (χ2n) is 5.73. The van der Waals surface area contributed by atoms with Gasteiger partial charge in [-0.25, -0.2) is 0 Å². The van der Waals surface area contributed by atoms with Crippen LogP contribution in [0, 0.1) is 0 Å². The number of halogens is 1. The SMILES string of the molecule is CCCC[P+](CCCC)(CCCC)CCCCO.[Cl-]. The first-order chi connectivity index (χ1) is 8.74. The Kier molecular flexibility index (Phi) is 17.4. The standard InChI is InChI=1S/C16H36OP.ClH/c1-4-7-13-18(14-8-5-2,15-9-6-3)16-11-10-12-17;/h17H,4-16H2,1-3H3;1H/q+1;/p-1. The van der Waals surface area contributed by atoms with E-state index in [0.717, 1.165) is 6.42 Å². The van der Waals surface area contributed by atoms with E-state index in [1.165, 1.54) is 69.6 Å². The molecule has 0 bridgehead atoms. The lowest BCUT2D eigenvalue weighted by molar-refractivity contribution is -0.00000532. The number of unbranched alkanes of at least 4 members (excludes halogenated alkanes) is 4. The number of aliphatic hydroxyl groups is 1. The van der Waals surface area contributed by atoms with Gasteiger partial charge in [0, 0.05) is 13.9 Å². The van der Waals surface area contributed by atoms with Crippen molar-refractivity contribution in [3.05, 3.63) is 0 Å². The summed E-state index contributed by atoms with van der Waals surface area (Å²) in [4.78, 5) is 0. The average Bonchev–Trinajstić information content (AvgIpc) is 2.40. The topological polar surface area (TPSA) is 20.2 Å². The minimum atomic E-state index is -0.687. The van der Waals surface area contributed by atoms with Crippen molar-refractivity contribution in [2.75, 3.05) is 31.3 Å². The van der Waals surface area contributed by atoms with Crippen LogP contribution < -0.4 is 12.4 Å². The molecular weight excluding hydrogens is 275 g/mol. The summed E-state index contributed by atoms with van der Waals surface area (Å²) in [7, 11) is -0.687. The summed E-state index contributed by atoms with van der Waals surface area (Å²) < 4.78 is 0. The smallest absolute Gasteiger partial charge is 0.0595 e. The molecule has 0 saturated carbocycles. The van der Waals surface area contributed by atoms with Gasteiger partial charge in [0.2, 0.25) is 0 Å². The van der Waals surface area contributed by atoms with Crippen LogP contribution in [0.1, 0.15) is 72.1 Å². The molecule has 0 atom stereocenters. The average molecular weight is 311 g/mol. The Bertz CT molecular complexity index is 154. The minimum Gasteiger partial charge on any atom is -1.00 e. The van der Waals surface area contributed by atoms with Crippen molar-refractivity contribution < 1.29 is 17.5 Å². The molecule has 0 heterocycles.